The summed E-state index contributed by atoms with van der Waals surface area (Å²) in [6.45, 7) is 0. The summed E-state index contributed by atoms with van der Waals surface area (Å²) in [5.74, 6) is 1.85. The van der Waals surface area contributed by atoms with Crippen LogP contribution < -0.4 is 0 Å². The van der Waals surface area contributed by atoms with Gasteiger partial charge in [-0.3, -0.25) is 0 Å². The largest absolute Gasteiger partial charge is 0.456 e. The molecule has 0 bridgehead atoms. The Morgan fingerprint density at radius 2 is 1.00 bits per heavy atom. The number of furan rings is 1. The van der Waals surface area contributed by atoms with Gasteiger partial charge in [0.15, 0.2) is 17.5 Å². The van der Waals surface area contributed by atoms with Crippen LogP contribution in [0.4, 0.5) is 0 Å². The summed E-state index contributed by atoms with van der Waals surface area (Å²) in [6.07, 6.45) is 0. The van der Waals surface area contributed by atoms with Gasteiger partial charge >= 0.3 is 0 Å². The van der Waals surface area contributed by atoms with Gasteiger partial charge in [-0.05, 0) is 87.8 Å². The molecule has 0 saturated heterocycles. The van der Waals surface area contributed by atoms with Gasteiger partial charge in [-0.1, -0.05) is 146 Å². The van der Waals surface area contributed by atoms with Crippen LogP contribution in [0.3, 0.4) is 0 Å². The van der Waals surface area contributed by atoms with Crippen molar-refractivity contribution in [3.63, 3.8) is 0 Å². The predicted octanol–water partition coefficient (Wildman–Crippen LogP) is 16.2. The van der Waals surface area contributed by atoms with Crippen LogP contribution in [0.25, 0.3) is 136 Å². The van der Waals surface area contributed by atoms with Crippen molar-refractivity contribution in [2.45, 2.75) is 0 Å². The number of benzene rings is 10. The van der Waals surface area contributed by atoms with Crippen molar-refractivity contribution in [2.75, 3.05) is 0 Å². The minimum absolute atomic E-state index is 0.598. The summed E-state index contributed by atoms with van der Waals surface area (Å²) in [5.41, 5.74) is 9.87. The van der Waals surface area contributed by atoms with E-state index >= 15 is 0 Å². The summed E-state index contributed by atoms with van der Waals surface area (Å²) < 4.78 is 11.6. The highest BCUT2D eigenvalue weighted by Crippen LogP contribution is 2.45. The van der Waals surface area contributed by atoms with Crippen molar-refractivity contribution in [2.24, 2.45) is 0 Å². The van der Waals surface area contributed by atoms with Crippen LogP contribution in [0.5, 0.6) is 0 Å². The first kappa shape index (κ1) is 36.1. The molecule has 302 valence electrons. The third-order valence-corrected chi connectivity index (χ3v) is 14.2. The van der Waals surface area contributed by atoms with Crippen molar-refractivity contribution in [3.05, 3.63) is 206 Å². The summed E-state index contributed by atoms with van der Waals surface area (Å²) >= 11 is 1.80. The quantitative estimate of drug-likeness (QED) is 0.173. The molecule has 10 aromatic carbocycles. The van der Waals surface area contributed by atoms with Crippen molar-refractivity contribution < 1.29 is 4.42 Å². The third kappa shape index (κ3) is 5.61. The van der Waals surface area contributed by atoms with Crippen molar-refractivity contribution in [1.82, 2.24) is 19.5 Å². The van der Waals surface area contributed by atoms with E-state index in [9.17, 15) is 0 Å². The molecule has 4 aromatic heterocycles. The lowest BCUT2D eigenvalue weighted by Gasteiger charge is -2.17. The Morgan fingerprint density at radius 3 is 1.85 bits per heavy atom. The molecule has 0 unspecified atom stereocenters. The number of hydrogen-bond acceptors (Lipinski definition) is 5. The fourth-order valence-electron chi connectivity index (χ4n) is 10.0. The molecule has 0 radical (unpaired) electrons. The first-order valence-electron chi connectivity index (χ1n) is 21.8. The third-order valence-electron chi connectivity index (χ3n) is 13.0. The monoisotopic (exact) mass is 846 g/mol. The topological polar surface area (TPSA) is 56.7 Å². The maximum Gasteiger partial charge on any atom is 0.164 e. The van der Waals surface area contributed by atoms with Crippen molar-refractivity contribution >= 4 is 96.8 Å². The van der Waals surface area contributed by atoms with Crippen LogP contribution in [-0.2, 0) is 0 Å². The Balaban J connectivity index is 1.07. The lowest BCUT2D eigenvalue weighted by atomic mass is 9.94. The van der Waals surface area contributed by atoms with Crippen LogP contribution in [0.2, 0.25) is 0 Å². The molecule has 0 N–H and O–H groups in total. The van der Waals surface area contributed by atoms with Gasteiger partial charge in [0, 0.05) is 64.0 Å². The summed E-state index contributed by atoms with van der Waals surface area (Å²) in [6, 6.07) is 73.4. The van der Waals surface area contributed by atoms with E-state index in [2.05, 4.69) is 193 Å². The average Bonchev–Trinajstić information content (AvgIpc) is 4.05. The minimum Gasteiger partial charge on any atom is -0.456 e. The molecule has 6 heteroatoms. The Kier molecular flexibility index (Phi) is 7.79. The highest BCUT2D eigenvalue weighted by molar-refractivity contribution is 7.25. The Hall–Kier alpha value is -8.45. The van der Waals surface area contributed by atoms with Crippen LogP contribution in [0.1, 0.15) is 0 Å². The predicted molar refractivity (Wildman–Crippen MR) is 271 cm³/mol. The van der Waals surface area contributed by atoms with E-state index < -0.39 is 0 Å². The number of aromatic nitrogens is 4. The van der Waals surface area contributed by atoms with Gasteiger partial charge in [-0.15, -0.1) is 11.3 Å². The van der Waals surface area contributed by atoms with Gasteiger partial charge < -0.3 is 8.98 Å². The van der Waals surface area contributed by atoms with Gasteiger partial charge in [0.25, 0.3) is 0 Å². The normalized spacial score (nSPS) is 12.0. The van der Waals surface area contributed by atoms with E-state index in [1.54, 1.807) is 11.3 Å². The van der Waals surface area contributed by atoms with E-state index in [-0.39, 0.29) is 0 Å². The molecule has 4 heterocycles. The van der Waals surface area contributed by atoms with Gasteiger partial charge in [0.1, 0.15) is 11.2 Å². The van der Waals surface area contributed by atoms with Gasteiger partial charge in [0.2, 0.25) is 0 Å². The molecule has 0 atom stereocenters. The second-order valence-electron chi connectivity index (χ2n) is 16.7. The number of fused-ring (bicyclic) bond motifs is 12. The van der Waals surface area contributed by atoms with E-state index in [0.717, 1.165) is 71.9 Å². The molecule has 14 aromatic rings. The Morgan fingerprint density at radius 1 is 0.354 bits per heavy atom. The first-order valence-corrected chi connectivity index (χ1v) is 22.7. The molecule has 65 heavy (non-hydrogen) atoms. The summed E-state index contributed by atoms with van der Waals surface area (Å²) in [4.78, 5) is 15.7. The fourth-order valence-corrected chi connectivity index (χ4v) is 11.2. The van der Waals surface area contributed by atoms with Crippen molar-refractivity contribution in [1.29, 1.82) is 0 Å². The SMILES string of the molecule is c1ccc(-c2nc(-c3ccc(-n4c5ccccc5c5cc6ccccc6cc54)c(-c4cccc5oc6ccc7ccccc7c6c45)c3)nc(-c3ccc4c(c3)sc3ccccc34)n2)cc1. The highest BCUT2D eigenvalue weighted by Gasteiger charge is 2.23. The van der Waals surface area contributed by atoms with Gasteiger partial charge in [0.05, 0.1) is 16.7 Å². The fraction of sp³-hybridized carbons (Fsp3) is 0. The zero-order valence-corrected chi connectivity index (χ0v) is 35.6. The van der Waals surface area contributed by atoms with Crippen LogP contribution >= 0.6 is 11.3 Å². The van der Waals surface area contributed by atoms with Crippen LogP contribution in [-0.4, -0.2) is 19.5 Å². The molecule has 0 amide bonds. The lowest BCUT2D eigenvalue weighted by Crippen LogP contribution is -2.02. The van der Waals surface area contributed by atoms with Gasteiger partial charge in [-0.2, -0.15) is 0 Å². The Bertz CT molecular complexity index is 4260. The number of thiophene rings is 1. The molecule has 5 nitrogen and oxygen atoms in total. The molecular weight excluding hydrogens is 813 g/mol. The number of rotatable bonds is 5. The zero-order valence-electron chi connectivity index (χ0n) is 34.7. The number of para-hydroxylation sites is 1. The number of hydrogen-bond donors (Lipinski definition) is 0. The minimum atomic E-state index is 0.598. The summed E-state index contributed by atoms with van der Waals surface area (Å²) in [7, 11) is 0. The standard InChI is InChI=1S/C59H34N4OS/c1-2-14-36(15-3-1)57-60-58(62-59(61-57)40-25-28-44-43-20-9-11-24-53(43)65-54(44)34-40)39-26-29-49(63-48-22-10-8-19-42(48)46-31-37-16-4-5-17-38(37)33-50(46)63)47(32-39)45-21-12-23-51-56(45)55-41-18-7-6-13-35(41)27-30-52(55)64-51/h1-34H. The molecule has 0 spiro atoms. The molecule has 0 fully saturated rings. The zero-order chi connectivity index (χ0) is 42.6. The molecular formula is C59H34N4OS. The lowest BCUT2D eigenvalue weighted by molar-refractivity contribution is 0.669. The van der Waals surface area contributed by atoms with Gasteiger partial charge in [-0.25, -0.2) is 15.0 Å². The van der Waals surface area contributed by atoms with Crippen LogP contribution in [0, 0.1) is 0 Å². The smallest absolute Gasteiger partial charge is 0.164 e. The molecule has 0 saturated carbocycles. The summed E-state index contributed by atoms with van der Waals surface area (Å²) in [5, 5.41) is 11.8. The molecule has 0 aliphatic rings. The van der Waals surface area contributed by atoms with Crippen LogP contribution in [0.15, 0.2) is 211 Å². The van der Waals surface area contributed by atoms with E-state index in [0.29, 0.717) is 17.5 Å². The Labute approximate surface area is 376 Å². The van der Waals surface area contributed by atoms with E-state index in [4.69, 9.17) is 19.4 Å². The maximum absolute atomic E-state index is 6.70. The first-order chi connectivity index (χ1) is 32.2. The van der Waals surface area contributed by atoms with E-state index in [1.165, 1.54) is 47.1 Å². The van der Waals surface area contributed by atoms with E-state index in [1.807, 2.05) is 18.2 Å². The second-order valence-corrected chi connectivity index (χ2v) is 17.8. The second kappa shape index (κ2) is 14.0. The van der Waals surface area contributed by atoms with Crippen molar-refractivity contribution in [3.8, 4) is 51.0 Å². The number of nitrogens with zero attached hydrogens (tertiary/aromatic N) is 4. The molecule has 0 aliphatic carbocycles. The highest BCUT2D eigenvalue weighted by atomic mass is 32.1. The maximum atomic E-state index is 6.70. The molecule has 0 aliphatic heterocycles. The molecule has 14 rings (SSSR count). The average molecular weight is 847 g/mol.